The van der Waals surface area contributed by atoms with Gasteiger partial charge in [-0.05, 0) is 65.8 Å². The van der Waals surface area contributed by atoms with Crippen molar-refractivity contribution in [2.45, 2.75) is 59.3 Å². The molecular formula is C27H32O. The van der Waals surface area contributed by atoms with E-state index in [2.05, 4.69) is 90.1 Å². The first kappa shape index (κ1) is 20.2. The Morgan fingerprint density at radius 1 is 0.536 bits per heavy atom. The normalized spacial score (nSPS) is 12.2. The average molecular weight is 373 g/mol. The van der Waals surface area contributed by atoms with Crippen molar-refractivity contribution >= 4 is 0 Å². The van der Waals surface area contributed by atoms with E-state index in [0.29, 0.717) is 5.75 Å². The number of aryl methyl sites for hydroxylation is 3. The molecule has 1 nitrogen and oxygen atoms in total. The number of aromatic hydroxyl groups is 1. The number of rotatable bonds is 4. The van der Waals surface area contributed by atoms with E-state index in [-0.39, 0.29) is 10.8 Å². The first-order chi connectivity index (χ1) is 13.0. The Hall–Kier alpha value is -2.54. The first-order valence-corrected chi connectivity index (χ1v) is 10.0. The van der Waals surface area contributed by atoms with E-state index in [1.807, 2.05) is 13.0 Å². The van der Waals surface area contributed by atoms with E-state index in [1.165, 1.54) is 33.4 Å². The molecule has 0 atom stereocenters. The van der Waals surface area contributed by atoms with Crippen LogP contribution in [0.25, 0.3) is 0 Å². The number of phenols is 1. The van der Waals surface area contributed by atoms with Crippen molar-refractivity contribution in [1.82, 2.24) is 0 Å². The highest BCUT2D eigenvalue weighted by molar-refractivity contribution is 5.47. The predicted molar refractivity (Wildman–Crippen MR) is 119 cm³/mol. The summed E-state index contributed by atoms with van der Waals surface area (Å²) in [4.78, 5) is 0. The van der Waals surface area contributed by atoms with Gasteiger partial charge < -0.3 is 5.11 Å². The molecule has 0 aliphatic heterocycles. The molecule has 0 fully saturated rings. The lowest BCUT2D eigenvalue weighted by molar-refractivity contribution is 0.470. The Morgan fingerprint density at radius 3 is 1.50 bits per heavy atom. The fraction of sp³-hybridized carbons (Fsp3) is 0.333. The summed E-state index contributed by atoms with van der Waals surface area (Å²) in [7, 11) is 0. The summed E-state index contributed by atoms with van der Waals surface area (Å²) in [6, 6.07) is 21.7. The largest absolute Gasteiger partial charge is 0.508 e. The summed E-state index contributed by atoms with van der Waals surface area (Å²) in [6.45, 7) is 15.4. The molecule has 3 rings (SSSR count). The molecule has 0 aliphatic carbocycles. The van der Waals surface area contributed by atoms with Crippen molar-refractivity contribution in [3.8, 4) is 5.75 Å². The highest BCUT2D eigenvalue weighted by Gasteiger charge is 2.28. The zero-order valence-corrected chi connectivity index (χ0v) is 18.2. The van der Waals surface area contributed by atoms with Gasteiger partial charge in [-0.25, -0.2) is 0 Å². The summed E-state index contributed by atoms with van der Waals surface area (Å²) in [5, 5.41) is 9.90. The fourth-order valence-electron chi connectivity index (χ4n) is 3.80. The molecule has 0 radical (unpaired) electrons. The monoisotopic (exact) mass is 372 g/mol. The van der Waals surface area contributed by atoms with Crippen molar-refractivity contribution < 1.29 is 5.11 Å². The maximum absolute atomic E-state index is 9.90. The second-order valence-electron chi connectivity index (χ2n) is 9.13. The molecule has 0 aromatic heterocycles. The molecule has 0 saturated heterocycles. The van der Waals surface area contributed by atoms with Crippen molar-refractivity contribution in [2.75, 3.05) is 0 Å². The van der Waals surface area contributed by atoms with Crippen molar-refractivity contribution in [2.24, 2.45) is 0 Å². The van der Waals surface area contributed by atoms with Crippen LogP contribution in [-0.4, -0.2) is 5.11 Å². The molecule has 146 valence electrons. The van der Waals surface area contributed by atoms with Gasteiger partial charge in [0.1, 0.15) is 5.75 Å². The van der Waals surface area contributed by atoms with Gasteiger partial charge in [0, 0.05) is 10.8 Å². The molecule has 3 aromatic rings. The Bertz CT molecular complexity index is 930. The van der Waals surface area contributed by atoms with Crippen LogP contribution < -0.4 is 0 Å². The van der Waals surface area contributed by atoms with Crippen molar-refractivity contribution in [3.05, 3.63) is 99.6 Å². The molecule has 1 N–H and O–H groups in total. The number of phenolic OH excluding ortho intramolecular Hbond substituents is 1. The SMILES string of the molecule is Cc1ccc(C(C)(C)c2cccc(C(C)(C)c3ccc(O)c(C)c3)c2)cc1C. The van der Waals surface area contributed by atoms with Gasteiger partial charge in [0.05, 0.1) is 0 Å². The quantitative estimate of drug-likeness (QED) is 0.524. The van der Waals surface area contributed by atoms with E-state index in [0.717, 1.165) is 5.56 Å². The molecular weight excluding hydrogens is 340 g/mol. The maximum Gasteiger partial charge on any atom is 0.118 e. The molecule has 0 bridgehead atoms. The maximum atomic E-state index is 9.90. The minimum atomic E-state index is -0.145. The third-order valence-electron chi connectivity index (χ3n) is 6.45. The molecule has 0 saturated carbocycles. The highest BCUT2D eigenvalue weighted by Crippen LogP contribution is 2.38. The van der Waals surface area contributed by atoms with Crippen LogP contribution in [0.1, 0.15) is 66.6 Å². The lowest BCUT2D eigenvalue weighted by atomic mass is 9.73. The minimum absolute atomic E-state index is 0.0740. The molecule has 0 unspecified atom stereocenters. The number of hydrogen-bond donors (Lipinski definition) is 1. The third-order valence-corrected chi connectivity index (χ3v) is 6.45. The Morgan fingerprint density at radius 2 is 1.00 bits per heavy atom. The molecule has 0 aliphatic rings. The van der Waals surface area contributed by atoms with Crippen LogP contribution in [0.4, 0.5) is 0 Å². The average Bonchev–Trinajstić information content (AvgIpc) is 2.66. The second-order valence-corrected chi connectivity index (χ2v) is 9.13. The lowest BCUT2D eigenvalue weighted by Gasteiger charge is -2.31. The summed E-state index contributed by atoms with van der Waals surface area (Å²) in [5.41, 5.74) is 8.51. The van der Waals surface area contributed by atoms with E-state index in [4.69, 9.17) is 0 Å². The predicted octanol–water partition coefficient (Wildman–Crippen LogP) is 6.97. The molecule has 0 heterocycles. The number of benzene rings is 3. The van der Waals surface area contributed by atoms with Gasteiger partial charge >= 0.3 is 0 Å². The zero-order valence-electron chi connectivity index (χ0n) is 18.2. The van der Waals surface area contributed by atoms with E-state index in [1.54, 1.807) is 6.07 Å². The van der Waals surface area contributed by atoms with E-state index in [9.17, 15) is 5.11 Å². The van der Waals surface area contributed by atoms with E-state index >= 15 is 0 Å². The van der Waals surface area contributed by atoms with Gasteiger partial charge in [-0.3, -0.25) is 0 Å². The summed E-state index contributed by atoms with van der Waals surface area (Å²) in [6.07, 6.45) is 0. The van der Waals surface area contributed by atoms with Crippen LogP contribution in [0.5, 0.6) is 5.75 Å². The van der Waals surface area contributed by atoms with Crippen LogP contribution in [-0.2, 0) is 10.8 Å². The Kier molecular flexibility index (Phi) is 5.14. The topological polar surface area (TPSA) is 20.2 Å². The summed E-state index contributed by atoms with van der Waals surface area (Å²) < 4.78 is 0. The molecule has 1 heteroatoms. The lowest BCUT2D eigenvalue weighted by Crippen LogP contribution is -2.23. The van der Waals surface area contributed by atoms with Crippen LogP contribution in [0.3, 0.4) is 0 Å². The van der Waals surface area contributed by atoms with Gasteiger partial charge in [0.15, 0.2) is 0 Å². The summed E-state index contributed by atoms with van der Waals surface area (Å²) >= 11 is 0. The second kappa shape index (κ2) is 7.13. The van der Waals surface area contributed by atoms with Crippen LogP contribution in [0.2, 0.25) is 0 Å². The fourth-order valence-corrected chi connectivity index (χ4v) is 3.80. The Labute approximate surface area is 170 Å². The minimum Gasteiger partial charge on any atom is -0.508 e. The first-order valence-electron chi connectivity index (χ1n) is 10.0. The smallest absolute Gasteiger partial charge is 0.118 e. The van der Waals surface area contributed by atoms with Gasteiger partial charge in [-0.1, -0.05) is 82.3 Å². The van der Waals surface area contributed by atoms with Gasteiger partial charge in [0.25, 0.3) is 0 Å². The standard InChI is InChI=1S/C27H32O/c1-18-11-12-23(15-19(18)2)26(4,5)21-9-8-10-22(17-21)27(6,7)24-13-14-25(28)20(3)16-24/h8-17,28H,1-7H3. The van der Waals surface area contributed by atoms with Crippen LogP contribution in [0, 0.1) is 20.8 Å². The van der Waals surface area contributed by atoms with Gasteiger partial charge in [-0.15, -0.1) is 0 Å². The summed E-state index contributed by atoms with van der Waals surface area (Å²) in [5.74, 6) is 0.351. The van der Waals surface area contributed by atoms with Gasteiger partial charge in [-0.2, -0.15) is 0 Å². The molecule has 0 spiro atoms. The zero-order chi connectivity index (χ0) is 20.7. The van der Waals surface area contributed by atoms with Crippen LogP contribution >= 0.6 is 0 Å². The van der Waals surface area contributed by atoms with Crippen molar-refractivity contribution in [3.63, 3.8) is 0 Å². The molecule has 3 aromatic carbocycles. The van der Waals surface area contributed by atoms with Crippen molar-refractivity contribution in [1.29, 1.82) is 0 Å². The molecule has 0 amide bonds. The Balaban J connectivity index is 2.05. The third kappa shape index (κ3) is 3.58. The highest BCUT2D eigenvalue weighted by atomic mass is 16.3. The van der Waals surface area contributed by atoms with Crippen LogP contribution in [0.15, 0.2) is 60.7 Å². The molecule has 28 heavy (non-hydrogen) atoms. The van der Waals surface area contributed by atoms with Gasteiger partial charge in [0.2, 0.25) is 0 Å². The number of hydrogen-bond acceptors (Lipinski definition) is 1. The van der Waals surface area contributed by atoms with E-state index < -0.39 is 0 Å².